The summed E-state index contributed by atoms with van der Waals surface area (Å²) >= 11 is 5.97. The Morgan fingerprint density at radius 3 is 1.88 bits per heavy atom. The summed E-state index contributed by atoms with van der Waals surface area (Å²) in [6, 6.07) is 18.3. The van der Waals surface area contributed by atoms with E-state index in [9.17, 15) is 9.59 Å². The van der Waals surface area contributed by atoms with Crippen LogP contribution in [0.2, 0.25) is 5.28 Å². The number of fused-ring (bicyclic) bond motifs is 4. The monoisotopic (exact) mass is 829 g/mol. The van der Waals surface area contributed by atoms with Gasteiger partial charge >= 0.3 is 7.12 Å². The highest BCUT2D eigenvalue weighted by molar-refractivity contribution is 6.58. The maximum atomic E-state index is 13.0. The molecule has 10 rings (SSSR count). The Balaban J connectivity index is 0.000000136. The summed E-state index contributed by atoms with van der Waals surface area (Å²) < 4.78 is 0. The second-order valence-corrected chi connectivity index (χ2v) is 16.7. The summed E-state index contributed by atoms with van der Waals surface area (Å²) in [7, 11) is 2.22. The highest BCUT2D eigenvalue weighted by Crippen LogP contribution is 2.42. The summed E-state index contributed by atoms with van der Waals surface area (Å²) in [4.78, 5) is 54.5. The third kappa shape index (κ3) is 8.00. The number of likely N-dealkylation sites (N-methyl/N-ethyl adjacent to an activating group) is 2. The second kappa shape index (κ2) is 17.7. The van der Waals surface area contributed by atoms with Crippen molar-refractivity contribution in [1.82, 2.24) is 24.9 Å². The number of nitrogens with zero attached hydrogens (tertiary/aromatic N) is 8. The Hall–Kier alpha value is -5.31. The van der Waals surface area contributed by atoms with Crippen LogP contribution in [0.15, 0.2) is 67.0 Å². The smallest absolute Gasteiger partial charge is 0.422 e. The van der Waals surface area contributed by atoms with E-state index in [1.807, 2.05) is 44.4 Å². The molecular formula is C45H53BClN9O4. The van der Waals surface area contributed by atoms with Gasteiger partial charge in [-0.1, -0.05) is 82.0 Å². The van der Waals surface area contributed by atoms with Gasteiger partial charge < -0.3 is 34.6 Å². The number of H-pyrrole nitrogens is 1. The lowest BCUT2D eigenvalue weighted by Gasteiger charge is -2.43. The molecule has 60 heavy (non-hydrogen) atoms. The molecule has 13 nitrogen and oxygen atoms in total. The maximum Gasteiger partial charge on any atom is 0.505 e. The molecule has 5 aromatic rings. The number of halogens is 1. The number of rotatable bonds is 6. The topological polar surface area (TPSA) is 155 Å². The number of amides is 2. The molecule has 2 aromatic carbocycles. The van der Waals surface area contributed by atoms with Gasteiger partial charge in [0, 0.05) is 49.3 Å². The van der Waals surface area contributed by atoms with Crippen LogP contribution in [-0.2, 0) is 16.0 Å². The third-order valence-corrected chi connectivity index (χ3v) is 12.9. The Bertz CT molecular complexity index is 2360. The summed E-state index contributed by atoms with van der Waals surface area (Å²) in [6.07, 6.45) is 17.5. The second-order valence-electron chi connectivity index (χ2n) is 16.3. The molecule has 3 aliphatic carbocycles. The minimum Gasteiger partial charge on any atom is -0.422 e. The average molecular weight is 830 g/mol. The first-order valence-electron chi connectivity index (χ1n) is 21.3. The molecular weight excluding hydrogens is 777 g/mol. The minimum absolute atomic E-state index is 0.123. The number of anilines is 4. The fourth-order valence-electron chi connectivity index (χ4n) is 9.56. The predicted molar refractivity (Wildman–Crippen MR) is 240 cm³/mol. The first kappa shape index (κ1) is 41.4. The summed E-state index contributed by atoms with van der Waals surface area (Å²) in [5, 5.41) is 18.9. The molecule has 2 atom stereocenters. The van der Waals surface area contributed by atoms with E-state index in [1.54, 1.807) is 29.1 Å². The van der Waals surface area contributed by atoms with Crippen molar-refractivity contribution in [1.29, 1.82) is 0 Å². The van der Waals surface area contributed by atoms with Gasteiger partial charge in [0.05, 0.1) is 12.4 Å². The van der Waals surface area contributed by atoms with Gasteiger partial charge in [-0.25, -0.2) is 15.0 Å². The van der Waals surface area contributed by atoms with Crippen molar-refractivity contribution in [2.75, 3.05) is 33.7 Å². The van der Waals surface area contributed by atoms with Gasteiger partial charge in [0.2, 0.25) is 17.1 Å². The van der Waals surface area contributed by atoms with Crippen LogP contribution in [0.1, 0.15) is 95.0 Å². The number of para-hydroxylation sites is 1. The van der Waals surface area contributed by atoms with Gasteiger partial charge in [0.1, 0.15) is 23.5 Å². The van der Waals surface area contributed by atoms with E-state index in [0.717, 1.165) is 90.3 Å². The van der Waals surface area contributed by atoms with E-state index < -0.39 is 7.12 Å². The van der Waals surface area contributed by atoms with Crippen molar-refractivity contribution < 1.29 is 19.6 Å². The standard InChI is InChI=1S/C23H26N4O.C14H19ClN4O.C8H8BNO2/c1-3-19-23(28)26(2)20-14-24-21(17-12-15-8-4-5-9-16(15)13-17)25-22(20)27(19)18-10-6-7-11-18;1-3-10-13(20)18(2)11-8-16-14(15)17-12(11)19(10)9-6-4-5-7-9;11-9(12)8-5-6-3-1-2-4-7(6)10-8/h4-5,8-9,12,14,18-19H,3,6-7,10-11,13H2,1-2H3;8-10H,3-7H2,1-2H3;1-5,10-12H/t19-;10-;/m11./s1. The van der Waals surface area contributed by atoms with E-state index in [-0.39, 0.29) is 29.2 Å². The number of hydrogen-bond acceptors (Lipinski definition) is 10. The summed E-state index contributed by atoms with van der Waals surface area (Å²) in [5.41, 5.74) is 6.67. The number of hydrogen-bond donors (Lipinski definition) is 3. The predicted octanol–water partition coefficient (Wildman–Crippen LogP) is 6.56. The zero-order valence-electron chi connectivity index (χ0n) is 34.8. The molecule has 0 spiro atoms. The van der Waals surface area contributed by atoms with Crippen LogP contribution in [0.4, 0.5) is 23.0 Å². The minimum atomic E-state index is -1.42. The molecule has 312 valence electrons. The normalized spacial score (nSPS) is 20.0. The lowest BCUT2D eigenvalue weighted by Crippen LogP contribution is -2.55. The molecule has 5 heterocycles. The molecule has 0 saturated heterocycles. The highest BCUT2D eigenvalue weighted by atomic mass is 35.5. The number of carbonyl (C=O) groups is 2. The molecule has 2 fully saturated rings. The molecule has 2 amide bonds. The van der Waals surface area contributed by atoms with Gasteiger partial charge in [-0.2, -0.15) is 4.98 Å². The van der Waals surface area contributed by atoms with Crippen LogP contribution in [0.25, 0.3) is 22.6 Å². The quantitative estimate of drug-likeness (QED) is 0.127. The van der Waals surface area contributed by atoms with Crippen molar-refractivity contribution in [2.24, 2.45) is 0 Å². The van der Waals surface area contributed by atoms with Crippen LogP contribution >= 0.6 is 11.6 Å². The molecule has 2 aliphatic heterocycles. The fraction of sp³-hybridized carbons (Fsp3) is 0.422. The first-order valence-corrected chi connectivity index (χ1v) is 21.7. The van der Waals surface area contributed by atoms with Gasteiger partial charge in [0.25, 0.3) is 0 Å². The van der Waals surface area contributed by atoms with Crippen molar-refractivity contribution >= 4 is 81.7 Å². The van der Waals surface area contributed by atoms with E-state index >= 15 is 0 Å². The van der Waals surface area contributed by atoms with Gasteiger partial charge in [-0.15, -0.1) is 0 Å². The summed E-state index contributed by atoms with van der Waals surface area (Å²) in [5.74, 6) is 2.81. The van der Waals surface area contributed by atoms with Crippen molar-refractivity contribution in [3.63, 3.8) is 0 Å². The number of carbonyl (C=O) groups excluding carboxylic acids is 2. The molecule has 0 radical (unpaired) electrons. The molecule has 0 bridgehead atoms. The lowest BCUT2D eigenvalue weighted by molar-refractivity contribution is -0.120. The van der Waals surface area contributed by atoms with Crippen molar-refractivity contribution in [2.45, 2.75) is 109 Å². The number of allylic oxidation sites excluding steroid dienone is 1. The zero-order chi connectivity index (χ0) is 42.1. The van der Waals surface area contributed by atoms with Crippen LogP contribution in [-0.4, -0.2) is 92.2 Å². The van der Waals surface area contributed by atoms with Gasteiger partial charge in [-0.05, 0) is 84.8 Å². The molecule has 3 aromatic heterocycles. The van der Waals surface area contributed by atoms with Gasteiger partial charge in [0.15, 0.2) is 17.5 Å². The molecule has 5 aliphatic rings. The van der Waals surface area contributed by atoms with Gasteiger partial charge in [-0.3, -0.25) is 9.59 Å². The van der Waals surface area contributed by atoms with E-state index in [2.05, 4.69) is 67.0 Å². The Morgan fingerprint density at radius 1 is 0.767 bits per heavy atom. The van der Waals surface area contributed by atoms with Crippen LogP contribution < -0.4 is 25.2 Å². The Kier molecular flexibility index (Phi) is 12.2. The fourth-order valence-corrected chi connectivity index (χ4v) is 9.69. The van der Waals surface area contributed by atoms with E-state index in [4.69, 9.17) is 26.6 Å². The molecule has 15 heteroatoms. The highest BCUT2D eigenvalue weighted by Gasteiger charge is 2.42. The van der Waals surface area contributed by atoms with Crippen LogP contribution in [0.3, 0.4) is 0 Å². The third-order valence-electron chi connectivity index (χ3n) is 12.7. The van der Waals surface area contributed by atoms with E-state index in [0.29, 0.717) is 17.7 Å². The largest absolute Gasteiger partial charge is 0.505 e. The zero-order valence-corrected chi connectivity index (χ0v) is 35.5. The number of nitrogens with one attached hydrogen (secondary N) is 1. The van der Waals surface area contributed by atoms with Crippen LogP contribution in [0.5, 0.6) is 0 Å². The Morgan fingerprint density at radius 2 is 1.32 bits per heavy atom. The molecule has 3 N–H and O–H groups in total. The lowest BCUT2D eigenvalue weighted by atomic mass is 9.87. The summed E-state index contributed by atoms with van der Waals surface area (Å²) in [6.45, 7) is 4.15. The Labute approximate surface area is 356 Å². The van der Waals surface area contributed by atoms with Crippen molar-refractivity contribution in [3.8, 4) is 0 Å². The molecule has 2 saturated carbocycles. The van der Waals surface area contributed by atoms with E-state index in [1.165, 1.54) is 36.8 Å². The maximum absolute atomic E-state index is 13.0. The first-order chi connectivity index (χ1) is 29.1. The molecule has 0 unspecified atom stereocenters. The number of aromatic amines is 1. The SMILES string of the molecule is CC[C@@H]1C(=O)N(C)c2cnc(C3=Cc4ccccc4C3)nc2N1C1CCCC1.CC[C@@H]1C(=O)N(C)c2cnc(Cl)nc2N1C1CCCC1.OB(O)c1cc2ccccc2[nH]1. The number of aromatic nitrogens is 5. The average Bonchev–Trinajstić information content (AvgIpc) is 4.11. The number of benzene rings is 2. The van der Waals surface area contributed by atoms with Crippen LogP contribution in [0, 0.1) is 0 Å². The van der Waals surface area contributed by atoms with Crippen molar-refractivity contribution in [3.05, 3.63) is 89.2 Å².